The Balaban J connectivity index is 1.90. The van der Waals surface area contributed by atoms with Crippen LogP contribution in [0.2, 0.25) is 0 Å². The second kappa shape index (κ2) is 5.59. The molecule has 0 aliphatic carbocycles. The van der Waals surface area contributed by atoms with Crippen LogP contribution in [0.4, 0.5) is 0 Å². The van der Waals surface area contributed by atoms with Crippen molar-refractivity contribution in [2.75, 3.05) is 13.6 Å². The summed E-state index contributed by atoms with van der Waals surface area (Å²) in [6.07, 6.45) is 3.08. The molecule has 2 atom stereocenters. The van der Waals surface area contributed by atoms with Gasteiger partial charge in [-0.05, 0) is 50.9 Å². The number of aromatic hydroxyl groups is 2. The van der Waals surface area contributed by atoms with E-state index >= 15 is 0 Å². The Labute approximate surface area is 107 Å². The Hall–Kier alpha value is -1.26. The van der Waals surface area contributed by atoms with E-state index in [1.807, 2.05) is 7.05 Å². The largest absolute Gasteiger partial charge is 0.508 e. The van der Waals surface area contributed by atoms with E-state index in [4.69, 9.17) is 0 Å². The molecule has 1 aliphatic rings. The number of benzene rings is 1. The third-order valence-corrected chi connectivity index (χ3v) is 3.80. The smallest absolute Gasteiger partial charge is 0.122 e. The quantitative estimate of drug-likeness (QED) is 0.758. The summed E-state index contributed by atoms with van der Waals surface area (Å²) in [5, 5.41) is 29.0. The minimum atomic E-state index is -0.356. The first-order chi connectivity index (χ1) is 8.58. The average Bonchev–Trinajstić information content (AvgIpc) is 2.74. The van der Waals surface area contributed by atoms with Gasteiger partial charge in [-0.25, -0.2) is 0 Å². The van der Waals surface area contributed by atoms with Gasteiger partial charge >= 0.3 is 0 Å². The maximum absolute atomic E-state index is 10.2. The molecule has 3 N–H and O–H groups in total. The van der Waals surface area contributed by atoms with E-state index in [0.717, 1.165) is 24.9 Å². The Kier molecular flexibility index (Phi) is 4.09. The van der Waals surface area contributed by atoms with Gasteiger partial charge in [-0.2, -0.15) is 0 Å². The van der Waals surface area contributed by atoms with Crippen LogP contribution in [-0.2, 0) is 6.42 Å². The first kappa shape index (κ1) is 13.2. The summed E-state index contributed by atoms with van der Waals surface area (Å²) < 4.78 is 0. The van der Waals surface area contributed by atoms with Crippen molar-refractivity contribution in [3.05, 3.63) is 23.8 Å². The molecule has 0 bridgehead atoms. The second-order valence-corrected chi connectivity index (χ2v) is 5.11. The summed E-state index contributed by atoms with van der Waals surface area (Å²) in [6, 6.07) is 4.84. The van der Waals surface area contributed by atoms with E-state index < -0.39 is 0 Å². The fourth-order valence-electron chi connectivity index (χ4n) is 2.68. The fourth-order valence-corrected chi connectivity index (χ4v) is 2.68. The first-order valence-corrected chi connectivity index (χ1v) is 6.47. The number of phenolic OH excluding ortho intramolecular Hbond substituents is 2. The number of phenols is 2. The molecule has 4 heteroatoms. The summed E-state index contributed by atoms with van der Waals surface area (Å²) in [7, 11) is 2.04. The molecule has 1 heterocycles. The van der Waals surface area contributed by atoms with Gasteiger partial charge in [-0.1, -0.05) is 6.07 Å². The molecular weight excluding hydrogens is 230 g/mol. The number of nitrogens with zero attached hydrogens (tertiary/aromatic N) is 1. The van der Waals surface area contributed by atoms with Crippen LogP contribution in [0.25, 0.3) is 0 Å². The second-order valence-electron chi connectivity index (χ2n) is 5.11. The molecule has 1 aromatic rings. The molecule has 18 heavy (non-hydrogen) atoms. The SMILES string of the molecule is CN1CCCC1C(O)CCc1ccc(O)cc1O. The van der Waals surface area contributed by atoms with Crippen LogP contribution >= 0.6 is 0 Å². The van der Waals surface area contributed by atoms with E-state index in [0.29, 0.717) is 12.8 Å². The van der Waals surface area contributed by atoms with Crippen molar-refractivity contribution in [2.45, 2.75) is 37.8 Å². The van der Waals surface area contributed by atoms with Gasteiger partial charge in [0, 0.05) is 12.1 Å². The number of likely N-dealkylation sites (N-methyl/N-ethyl adjacent to an activating group) is 1. The van der Waals surface area contributed by atoms with E-state index in [9.17, 15) is 15.3 Å². The van der Waals surface area contributed by atoms with Crippen LogP contribution in [0.3, 0.4) is 0 Å². The number of hydrogen-bond donors (Lipinski definition) is 3. The minimum Gasteiger partial charge on any atom is -0.508 e. The highest BCUT2D eigenvalue weighted by Gasteiger charge is 2.27. The van der Waals surface area contributed by atoms with Gasteiger partial charge in [0.1, 0.15) is 11.5 Å². The van der Waals surface area contributed by atoms with Gasteiger partial charge in [0.25, 0.3) is 0 Å². The van der Waals surface area contributed by atoms with Crippen molar-refractivity contribution >= 4 is 0 Å². The third kappa shape index (κ3) is 2.94. The number of likely N-dealkylation sites (tertiary alicyclic amines) is 1. The summed E-state index contributed by atoms with van der Waals surface area (Å²) in [6.45, 7) is 1.05. The number of rotatable bonds is 4. The Bertz CT molecular complexity index is 408. The van der Waals surface area contributed by atoms with E-state index in [-0.39, 0.29) is 23.6 Å². The molecule has 0 radical (unpaired) electrons. The van der Waals surface area contributed by atoms with E-state index in [1.54, 1.807) is 12.1 Å². The van der Waals surface area contributed by atoms with Crippen LogP contribution in [0.1, 0.15) is 24.8 Å². The molecule has 2 unspecified atom stereocenters. The normalized spacial score (nSPS) is 22.2. The predicted octanol–water partition coefficient (Wildman–Crippen LogP) is 1.49. The van der Waals surface area contributed by atoms with Crippen molar-refractivity contribution in [1.29, 1.82) is 0 Å². The molecule has 0 spiro atoms. The highest BCUT2D eigenvalue weighted by atomic mass is 16.3. The zero-order valence-corrected chi connectivity index (χ0v) is 10.7. The monoisotopic (exact) mass is 251 g/mol. The standard InChI is InChI=1S/C14H21NO3/c1-15-8-2-3-12(15)13(17)7-5-10-4-6-11(16)9-14(10)18/h4,6,9,12-13,16-18H,2-3,5,7-8H2,1H3. The maximum atomic E-state index is 10.2. The predicted molar refractivity (Wildman–Crippen MR) is 69.8 cm³/mol. The van der Waals surface area contributed by atoms with Gasteiger partial charge in [0.05, 0.1) is 6.10 Å². The van der Waals surface area contributed by atoms with E-state index in [1.165, 1.54) is 6.07 Å². The lowest BCUT2D eigenvalue weighted by Crippen LogP contribution is -2.36. The summed E-state index contributed by atoms with van der Waals surface area (Å²) in [5.74, 6) is 0.161. The Morgan fingerprint density at radius 1 is 1.39 bits per heavy atom. The molecular formula is C14H21NO3. The fraction of sp³-hybridized carbons (Fsp3) is 0.571. The minimum absolute atomic E-state index is 0.0623. The van der Waals surface area contributed by atoms with Gasteiger partial charge in [0.2, 0.25) is 0 Å². The molecule has 1 saturated heterocycles. The number of aliphatic hydroxyl groups excluding tert-OH is 1. The van der Waals surface area contributed by atoms with Crippen molar-refractivity contribution in [2.24, 2.45) is 0 Å². The van der Waals surface area contributed by atoms with Crippen LogP contribution in [-0.4, -0.2) is 46.0 Å². The Morgan fingerprint density at radius 3 is 2.78 bits per heavy atom. The lowest BCUT2D eigenvalue weighted by molar-refractivity contribution is 0.0787. The van der Waals surface area contributed by atoms with Crippen molar-refractivity contribution in [3.63, 3.8) is 0 Å². The summed E-state index contributed by atoms with van der Waals surface area (Å²) in [5.41, 5.74) is 0.771. The number of aliphatic hydroxyl groups is 1. The number of hydrogen-bond acceptors (Lipinski definition) is 4. The van der Waals surface area contributed by atoms with Gasteiger partial charge in [-0.15, -0.1) is 0 Å². The van der Waals surface area contributed by atoms with Crippen LogP contribution in [0.15, 0.2) is 18.2 Å². The van der Waals surface area contributed by atoms with Crippen LogP contribution in [0, 0.1) is 0 Å². The molecule has 100 valence electrons. The van der Waals surface area contributed by atoms with Gasteiger partial charge < -0.3 is 20.2 Å². The average molecular weight is 251 g/mol. The zero-order valence-electron chi connectivity index (χ0n) is 10.7. The lowest BCUT2D eigenvalue weighted by atomic mass is 10.00. The maximum Gasteiger partial charge on any atom is 0.122 e. The molecule has 1 aromatic carbocycles. The molecule has 2 rings (SSSR count). The molecule has 4 nitrogen and oxygen atoms in total. The van der Waals surface area contributed by atoms with Crippen molar-refractivity contribution in [3.8, 4) is 11.5 Å². The van der Waals surface area contributed by atoms with Gasteiger partial charge in [-0.3, -0.25) is 0 Å². The zero-order chi connectivity index (χ0) is 13.1. The van der Waals surface area contributed by atoms with Gasteiger partial charge in [0.15, 0.2) is 0 Å². The van der Waals surface area contributed by atoms with E-state index in [2.05, 4.69) is 4.90 Å². The first-order valence-electron chi connectivity index (χ1n) is 6.47. The highest BCUT2D eigenvalue weighted by molar-refractivity contribution is 5.38. The van der Waals surface area contributed by atoms with Crippen molar-refractivity contribution in [1.82, 2.24) is 4.90 Å². The molecule has 0 saturated carbocycles. The third-order valence-electron chi connectivity index (χ3n) is 3.80. The summed E-state index contributed by atoms with van der Waals surface area (Å²) >= 11 is 0. The highest BCUT2D eigenvalue weighted by Crippen LogP contribution is 2.26. The molecule has 0 aromatic heterocycles. The Morgan fingerprint density at radius 2 is 2.17 bits per heavy atom. The lowest BCUT2D eigenvalue weighted by Gasteiger charge is -2.25. The van der Waals surface area contributed by atoms with Crippen molar-refractivity contribution < 1.29 is 15.3 Å². The van der Waals surface area contributed by atoms with Crippen LogP contribution < -0.4 is 0 Å². The molecule has 1 aliphatic heterocycles. The molecule has 0 amide bonds. The molecule has 1 fully saturated rings. The summed E-state index contributed by atoms with van der Waals surface area (Å²) in [4.78, 5) is 2.20. The van der Waals surface area contributed by atoms with Crippen LogP contribution in [0.5, 0.6) is 11.5 Å². The number of aryl methyl sites for hydroxylation is 1. The topological polar surface area (TPSA) is 63.9 Å².